The first-order chi connectivity index (χ1) is 18.3. The average molecular weight is 520 g/mol. The van der Waals surface area contributed by atoms with E-state index < -0.39 is 11.9 Å². The van der Waals surface area contributed by atoms with Gasteiger partial charge in [-0.1, -0.05) is 29.8 Å². The highest BCUT2D eigenvalue weighted by molar-refractivity contribution is 5.95. The van der Waals surface area contributed by atoms with Crippen LogP contribution in [0.25, 0.3) is 11.0 Å². The fraction of sp³-hybridized carbons (Fsp3) is 0.500. The first-order valence-corrected chi connectivity index (χ1v) is 13.5. The molecule has 0 unspecified atom stereocenters. The number of nitrogens with zero attached hydrogens (tertiary/aromatic N) is 3. The molecule has 1 aromatic heterocycles. The fourth-order valence-corrected chi connectivity index (χ4v) is 6.33. The lowest BCUT2D eigenvalue weighted by Crippen LogP contribution is -2.42. The molecule has 1 amide bonds. The monoisotopic (exact) mass is 519 g/mol. The maximum Gasteiger partial charge on any atom is 0.414 e. The van der Waals surface area contributed by atoms with Crippen molar-refractivity contribution in [2.75, 3.05) is 19.1 Å². The number of methoxy groups -OCH3 is 2. The average Bonchev–Trinajstić information content (AvgIpc) is 3.29. The summed E-state index contributed by atoms with van der Waals surface area (Å²) in [6.45, 7) is 4.01. The summed E-state index contributed by atoms with van der Waals surface area (Å²) in [5.41, 5.74) is 5.54. The molecule has 2 atom stereocenters. The van der Waals surface area contributed by atoms with Crippen molar-refractivity contribution in [2.45, 2.75) is 82.9 Å². The molecule has 5 rings (SSSR count). The van der Waals surface area contributed by atoms with E-state index >= 15 is 0 Å². The summed E-state index contributed by atoms with van der Waals surface area (Å²) in [5.74, 6) is -0.778. The van der Waals surface area contributed by atoms with Gasteiger partial charge in [0, 0.05) is 31.2 Å². The number of aryl methyl sites for hydroxylation is 2. The number of carboxylic acid groups (broad SMARTS) is 1. The van der Waals surface area contributed by atoms with Gasteiger partial charge in [-0.25, -0.2) is 9.78 Å². The summed E-state index contributed by atoms with van der Waals surface area (Å²) in [5, 5.41) is 10.3. The number of aliphatic carboxylic acids is 1. The van der Waals surface area contributed by atoms with E-state index in [2.05, 4.69) is 4.57 Å². The van der Waals surface area contributed by atoms with Crippen LogP contribution < -0.4 is 4.90 Å². The second kappa shape index (κ2) is 10.8. The summed E-state index contributed by atoms with van der Waals surface area (Å²) in [6.07, 6.45) is 5.59. The zero-order valence-corrected chi connectivity index (χ0v) is 22.6. The van der Waals surface area contributed by atoms with Gasteiger partial charge in [-0.15, -0.1) is 0 Å². The second-order valence-corrected chi connectivity index (χ2v) is 10.7. The molecule has 38 heavy (non-hydrogen) atoms. The van der Waals surface area contributed by atoms with Gasteiger partial charge in [-0.3, -0.25) is 9.69 Å². The van der Waals surface area contributed by atoms with Gasteiger partial charge in [0.1, 0.15) is 5.82 Å². The fourth-order valence-electron chi connectivity index (χ4n) is 6.33. The van der Waals surface area contributed by atoms with E-state index in [0.29, 0.717) is 6.42 Å². The third kappa shape index (κ3) is 4.77. The number of aromatic nitrogens is 2. The third-order valence-electron chi connectivity index (χ3n) is 8.37. The van der Waals surface area contributed by atoms with Crippen LogP contribution in [0.15, 0.2) is 36.4 Å². The number of ether oxygens (including phenoxy) is 2. The van der Waals surface area contributed by atoms with Crippen LogP contribution in [0.2, 0.25) is 0 Å². The van der Waals surface area contributed by atoms with Crippen LogP contribution in [-0.4, -0.2) is 53.1 Å². The number of imidazole rings is 1. The van der Waals surface area contributed by atoms with Crippen molar-refractivity contribution in [1.29, 1.82) is 0 Å². The molecule has 8 nitrogen and oxygen atoms in total. The molecule has 0 spiro atoms. The number of anilines is 1. The molecule has 2 heterocycles. The molecule has 1 saturated carbocycles. The predicted octanol–water partition coefficient (Wildman–Crippen LogP) is 5.79. The maximum atomic E-state index is 12.7. The summed E-state index contributed by atoms with van der Waals surface area (Å²) in [4.78, 5) is 32.0. The molecule has 2 aliphatic rings. The number of carbonyl (C=O) groups excluding carboxylic acids is 1. The van der Waals surface area contributed by atoms with Crippen LogP contribution >= 0.6 is 0 Å². The van der Waals surface area contributed by atoms with E-state index in [-0.39, 0.29) is 24.3 Å². The molecule has 1 aliphatic heterocycles. The van der Waals surface area contributed by atoms with Crippen molar-refractivity contribution < 1.29 is 24.2 Å². The Labute approximate surface area is 223 Å². The number of fused-ring (bicyclic) bond motifs is 3. The van der Waals surface area contributed by atoms with Gasteiger partial charge in [0.2, 0.25) is 0 Å². The highest BCUT2D eigenvalue weighted by Crippen LogP contribution is 2.40. The van der Waals surface area contributed by atoms with E-state index in [0.717, 1.165) is 77.8 Å². The topological polar surface area (TPSA) is 93.9 Å². The Hall–Kier alpha value is -3.39. The highest BCUT2D eigenvalue weighted by Gasteiger charge is 2.34. The van der Waals surface area contributed by atoms with Crippen LogP contribution in [0, 0.1) is 6.92 Å². The van der Waals surface area contributed by atoms with Crippen molar-refractivity contribution in [3.05, 3.63) is 58.9 Å². The second-order valence-electron chi connectivity index (χ2n) is 10.7. The number of carboxylic acids is 1. The molecule has 1 N–H and O–H groups in total. The highest BCUT2D eigenvalue weighted by atomic mass is 16.5. The number of hydrogen-bond acceptors (Lipinski definition) is 5. The van der Waals surface area contributed by atoms with E-state index in [9.17, 15) is 14.7 Å². The van der Waals surface area contributed by atoms with Gasteiger partial charge in [-0.05, 0) is 70.1 Å². The van der Waals surface area contributed by atoms with Crippen molar-refractivity contribution in [3.63, 3.8) is 0 Å². The summed E-state index contributed by atoms with van der Waals surface area (Å²) in [6, 6.07) is 12.0. The van der Waals surface area contributed by atoms with Gasteiger partial charge < -0.3 is 19.1 Å². The van der Waals surface area contributed by atoms with Crippen molar-refractivity contribution in [2.24, 2.45) is 0 Å². The zero-order valence-electron chi connectivity index (χ0n) is 22.6. The Morgan fingerprint density at radius 1 is 1.11 bits per heavy atom. The summed E-state index contributed by atoms with van der Waals surface area (Å²) in [7, 11) is 3.17. The standard InChI is InChI=1S/C30H37N3O5/c1-18-6-5-7-20(16-18)24(29(34)35)17-27-31-28-23-13-8-19(2)32(30(36)38-4)25(23)14-15-26(28)33(27)21-9-11-22(37-3)12-10-21/h5-7,14-16,19,21-22,24H,8-13,17H2,1-4H3,(H,34,35)/t19-,21?,22?,24+/m0/s1. The van der Waals surface area contributed by atoms with Gasteiger partial charge >= 0.3 is 12.1 Å². The molecule has 0 bridgehead atoms. The molecule has 2 aromatic carbocycles. The number of hydrogen-bond donors (Lipinski definition) is 1. The lowest BCUT2D eigenvalue weighted by atomic mass is 9.91. The third-order valence-corrected chi connectivity index (χ3v) is 8.37. The predicted molar refractivity (Wildman–Crippen MR) is 146 cm³/mol. The van der Waals surface area contributed by atoms with Crippen molar-refractivity contribution in [1.82, 2.24) is 9.55 Å². The van der Waals surface area contributed by atoms with E-state index in [1.54, 1.807) is 12.0 Å². The van der Waals surface area contributed by atoms with Crippen LogP contribution in [0.5, 0.6) is 0 Å². The minimum absolute atomic E-state index is 0.0241. The smallest absolute Gasteiger partial charge is 0.414 e. The molecular formula is C30H37N3O5. The molecule has 0 radical (unpaired) electrons. The Bertz CT molecular complexity index is 1340. The SMILES string of the molecule is COC(=O)N1c2ccc3c(nc(C[C@@H](C(=O)O)c4cccc(C)c4)n3C3CCC(OC)CC3)c2CC[C@@H]1C. The Morgan fingerprint density at radius 3 is 2.53 bits per heavy atom. The number of amides is 1. The van der Waals surface area contributed by atoms with Crippen molar-refractivity contribution >= 4 is 28.8 Å². The molecular weight excluding hydrogens is 482 g/mol. The Kier molecular flexibility index (Phi) is 7.43. The summed E-state index contributed by atoms with van der Waals surface area (Å²) < 4.78 is 13.0. The molecule has 8 heteroatoms. The maximum absolute atomic E-state index is 12.7. The first kappa shape index (κ1) is 26.2. The van der Waals surface area contributed by atoms with Gasteiger partial charge in [0.15, 0.2) is 0 Å². The van der Waals surface area contributed by atoms with E-state index in [1.807, 2.05) is 50.2 Å². The number of benzene rings is 2. The minimum Gasteiger partial charge on any atom is -0.481 e. The quantitative estimate of drug-likeness (QED) is 0.443. The Morgan fingerprint density at radius 2 is 1.87 bits per heavy atom. The molecule has 0 saturated heterocycles. The minimum atomic E-state index is -0.856. The lowest BCUT2D eigenvalue weighted by molar-refractivity contribution is -0.138. The Balaban J connectivity index is 1.63. The van der Waals surface area contributed by atoms with Crippen molar-refractivity contribution in [3.8, 4) is 0 Å². The van der Waals surface area contributed by atoms with E-state index in [4.69, 9.17) is 14.5 Å². The zero-order chi connectivity index (χ0) is 27.0. The van der Waals surface area contributed by atoms with Crippen LogP contribution in [0.3, 0.4) is 0 Å². The number of rotatable bonds is 6. The van der Waals surface area contributed by atoms with Crippen LogP contribution in [0.1, 0.15) is 73.5 Å². The first-order valence-electron chi connectivity index (χ1n) is 13.5. The van der Waals surface area contributed by atoms with Crippen LogP contribution in [0.4, 0.5) is 10.5 Å². The number of carbonyl (C=O) groups is 2. The van der Waals surface area contributed by atoms with Crippen LogP contribution in [-0.2, 0) is 27.1 Å². The lowest BCUT2D eigenvalue weighted by Gasteiger charge is -2.34. The summed E-state index contributed by atoms with van der Waals surface area (Å²) >= 11 is 0. The molecule has 1 fully saturated rings. The van der Waals surface area contributed by atoms with Gasteiger partial charge in [0.05, 0.1) is 35.9 Å². The van der Waals surface area contributed by atoms with Gasteiger partial charge in [0.25, 0.3) is 0 Å². The van der Waals surface area contributed by atoms with E-state index in [1.165, 1.54) is 7.11 Å². The molecule has 202 valence electrons. The van der Waals surface area contributed by atoms with Gasteiger partial charge in [-0.2, -0.15) is 0 Å². The largest absolute Gasteiger partial charge is 0.481 e. The molecule has 1 aliphatic carbocycles. The molecule has 3 aromatic rings. The normalized spacial score (nSPS) is 22.2.